The molecular weight excluding hydrogens is 473 g/mol. The van der Waals surface area contributed by atoms with Crippen molar-refractivity contribution in [1.82, 2.24) is 4.90 Å². The molecule has 0 bridgehead atoms. The van der Waals surface area contributed by atoms with Crippen LogP contribution in [0.25, 0.3) is 6.08 Å². The molecular formula is C23H17ClFNO4S2. The molecule has 0 aliphatic carbocycles. The number of ether oxygens (including phenoxy) is 2. The smallest absolute Gasteiger partial charge is 0.266 e. The number of rotatable bonds is 7. The highest BCUT2D eigenvalue weighted by molar-refractivity contribution is 8.26. The van der Waals surface area contributed by atoms with Crippen LogP contribution in [0.2, 0.25) is 5.02 Å². The number of nitrogens with zero attached hydrogens (tertiary/aromatic N) is 1. The third-order valence-electron chi connectivity index (χ3n) is 4.65. The first-order chi connectivity index (χ1) is 15.5. The molecule has 9 heteroatoms. The van der Waals surface area contributed by atoms with Crippen molar-refractivity contribution in [3.05, 3.63) is 87.4 Å². The minimum atomic E-state index is -0.365. The molecule has 2 heterocycles. The van der Waals surface area contributed by atoms with Gasteiger partial charge in [0.05, 0.1) is 29.8 Å². The van der Waals surface area contributed by atoms with Gasteiger partial charge in [-0.25, -0.2) is 4.39 Å². The molecule has 1 aliphatic heterocycles. The van der Waals surface area contributed by atoms with Crippen LogP contribution in [0.4, 0.5) is 4.39 Å². The summed E-state index contributed by atoms with van der Waals surface area (Å²) in [5.41, 5.74) is 1.04. The lowest BCUT2D eigenvalue weighted by Crippen LogP contribution is -2.27. The number of halogens is 2. The van der Waals surface area contributed by atoms with Crippen LogP contribution in [-0.4, -0.2) is 22.2 Å². The second kappa shape index (κ2) is 9.77. The zero-order chi connectivity index (χ0) is 22.7. The van der Waals surface area contributed by atoms with Crippen molar-refractivity contribution in [2.75, 3.05) is 7.11 Å². The van der Waals surface area contributed by atoms with Crippen molar-refractivity contribution in [2.45, 2.75) is 13.2 Å². The Bertz CT molecular complexity index is 1200. The predicted octanol–water partition coefficient (Wildman–Crippen LogP) is 6.06. The van der Waals surface area contributed by atoms with Crippen LogP contribution in [0.3, 0.4) is 0 Å². The van der Waals surface area contributed by atoms with E-state index in [1.165, 1.54) is 29.8 Å². The third-order valence-corrected chi connectivity index (χ3v) is 6.31. The molecule has 1 aromatic heterocycles. The molecule has 4 rings (SSSR count). The maximum Gasteiger partial charge on any atom is 0.266 e. The zero-order valence-electron chi connectivity index (χ0n) is 16.8. The van der Waals surface area contributed by atoms with E-state index in [2.05, 4.69) is 0 Å². The highest BCUT2D eigenvalue weighted by atomic mass is 35.5. The lowest BCUT2D eigenvalue weighted by atomic mass is 10.1. The summed E-state index contributed by atoms with van der Waals surface area (Å²) in [7, 11) is 1.48. The van der Waals surface area contributed by atoms with Crippen molar-refractivity contribution in [3.63, 3.8) is 0 Å². The Labute approximate surface area is 198 Å². The molecule has 5 nitrogen and oxygen atoms in total. The van der Waals surface area contributed by atoms with Gasteiger partial charge in [-0.05, 0) is 42.0 Å². The fourth-order valence-corrected chi connectivity index (χ4v) is 4.60. The largest absolute Gasteiger partial charge is 0.493 e. The first-order valence-electron chi connectivity index (χ1n) is 9.47. The summed E-state index contributed by atoms with van der Waals surface area (Å²) in [6.07, 6.45) is 3.24. The van der Waals surface area contributed by atoms with Crippen LogP contribution in [0.15, 0.2) is 64.1 Å². The molecule has 1 saturated heterocycles. The van der Waals surface area contributed by atoms with Gasteiger partial charge in [0.2, 0.25) is 0 Å². The van der Waals surface area contributed by atoms with E-state index in [0.717, 1.165) is 0 Å². The number of furan rings is 1. The van der Waals surface area contributed by atoms with E-state index in [-0.39, 0.29) is 29.9 Å². The number of carbonyl (C=O) groups is 1. The normalized spacial score (nSPS) is 15.0. The lowest BCUT2D eigenvalue weighted by molar-refractivity contribution is -0.122. The topological polar surface area (TPSA) is 51.9 Å². The quantitative estimate of drug-likeness (QED) is 0.297. The highest BCUT2D eigenvalue weighted by Crippen LogP contribution is 2.39. The maximum atomic E-state index is 13.9. The Morgan fingerprint density at radius 3 is 2.78 bits per heavy atom. The number of methoxy groups -OCH3 is 1. The average Bonchev–Trinajstić information content (AvgIpc) is 3.38. The van der Waals surface area contributed by atoms with Gasteiger partial charge in [0.1, 0.15) is 22.5 Å². The van der Waals surface area contributed by atoms with Gasteiger partial charge in [-0.1, -0.05) is 53.8 Å². The van der Waals surface area contributed by atoms with Crippen LogP contribution in [-0.2, 0) is 17.9 Å². The summed E-state index contributed by atoms with van der Waals surface area (Å²) in [5.74, 6) is 0.719. The fraction of sp³-hybridized carbons (Fsp3) is 0.130. The lowest BCUT2D eigenvalue weighted by Gasteiger charge is -2.14. The second-order valence-electron chi connectivity index (χ2n) is 6.76. The van der Waals surface area contributed by atoms with Crippen LogP contribution in [0.1, 0.15) is 16.9 Å². The maximum absolute atomic E-state index is 13.9. The Morgan fingerprint density at radius 2 is 2.06 bits per heavy atom. The predicted molar refractivity (Wildman–Crippen MR) is 126 cm³/mol. The summed E-state index contributed by atoms with van der Waals surface area (Å²) in [6.45, 7) is 0.259. The Hall–Kier alpha value is -2.81. The number of thioether (sulfide) groups is 1. The molecule has 164 valence electrons. The molecule has 0 N–H and O–H groups in total. The first-order valence-corrected chi connectivity index (χ1v) is 11.1. The van der Waals surface area contributed by atoms with Gasteiger partial charge in [0, 0.05) is 5.56 Å². The molecule has 32 heavy (non-hydrogen) atoms. The van der Waals surface area contributed by atoms with Crippen molar-refractivity contribution in [3.8, 4) is 11.5 Å². The first kappa shape index (κ1) is 22.4. The molecule has 3 aromatic rings. The minimum absolute atomic E-state index is 0.00641. The van der Waals surface area contributed by atoms with Crippen molar-refractivity contribution < 1.29 is 23.1 Å². The zero-order valence-corrected chi connectivity index (χ0v) is 19.2. The Balaban J connectivity index is 1.55. The van der Waals surface area contributed by atoms with Crippen LogP contribution >= 0.6 is 35.6 Å². The van der Waals surface area contributed by atoms with E-state index in [4.69, 9.17) is 37.7 Å². The van der Waals surface area contributed by atoms with E-state index >= 15 is 0 Å². The summed E-state index contributed by atoms with van der Waals surface area (Å²) >= 11 is 13.0. The number of amides is 1. The molecule has 1 aliphatic rings. The fourth-order valence-electron chi connectivity index (χ4n) is 3.07. The number of hydrogen-bond acceptors (Lipinski definition) is 6. The minimum Gasteiger partial charge on any atom is -0.493 e. The molecule has 2 aromatic carbocycles. The number of thiocarbonyl (C=S) groups is 1. The van der Waals surface area contributed by atoms with E-state index in [0.29, 0.717) is 37.6 Å². The molecule has 1 fully saturated rings. The number of hydrogen-bond donors (Lipinski definition) is 0. The molecule has 1 amide bonds. The Morgan fingerprint density at radius 1 is 1.25 bits per heavy atom. The van der Waals surface area contributed by atoms with Gasteiger partial charge < -0.3 is 13.9 Å². The van der Waals surface area contributed by atoms with Gasteiger partial charge in [-0.2, -0.15) is 0 Å². The standard InChI is InChI=1S/C23H17ClFNO4S2/c1-28-19-10-14(9-17(24)21(19)30-13-15-5-2-3-7-18(15)25)11-20-22(27)26(23(31)32-20)12-16-6-4-8-29-16/h2-11H,12-13H2,1H3. The van der Waals surface area contributed by atoms with Crippen molar-refractivity contribution in [1.29, 1.82) is 0 Å². The molecule has 0 unspecified atom stereocenters. The van der Waals surface area contributed by atoms with E-state index in [1.54, 1.807) is 54.8 Å². The SMILES string of the molecule is COc1cc(C=C2SC(=S)N(Cc3ccco3)C2=O)cc(Cl)c1OCc1ccccc1F. The average molecular weight is 490 g/mol. The monoisotopic (exact) mass is 489 g/mol. The highest BCUT2D eigenvalue weighted by Gasteiger charge is 2.32. The van der Waals surface area contributed by atoms with Crippen molar-refractivity contribution >= 4 is 51.9 Å². The van der Waals surface area contributed by atoms with Crippen molar-refractivity contribution in [2.24, 2.45) is 0 Å². The summed E-state index contributed by atoms with van der Waals surface area (Å²) < 4.78 is 30.8. The van der Waals surface area contributed by atoms with E-state index in [1.807, 2.05) is 0 Å². The van der Waals surface area contributed by atoms with Gasteiger partial charge >= 0.3 is 0 Å². The van der Waals surface area contributed by atoms with Crippen LogP contribution in [0, 0.1) is 5.82 Å². The van der Waals surface area contributed by atoms with Crippen LogP contribution in [0.5, 0.6) is 11.5 Å². The summed E-state index contributed by atoms with van der Waals surface area (Å²) in [6, 6.07) is 13.2. The molecule has 0 saturated carbocycles. The van der Waals surface area contributed by atoms with E-state index < -0.39 is 0 Å². The van der Waals surface area contributed by atoms with Crippen LogP contribution < -0.4 is 9.47 Å². The number of benzene rings is 2. The molecule has 0 radical (unpaired) electrons. The molecule has 0 atom stereocenters. The van der Waals surface area contributed by atoms with Gasteiger partial charge in [-0.15, -0.1) is 0 Å². The summed E-state index contributed by atoms with van der Waals surface area (Å²) in [4.78, 5) is 14.8. The second-order valence-corrected chi connectivity index (χ2v) is 8.84. The van der Waals surface area contributed by atoms with Gasteiger partial charge in [-0.3, -0.25) is 9.69 Å². The van der Waals surface area contributed by atoms with E-state index in [9.17, 15) is 9.18 Å². The van der Waals surface area contributed by atoms with Gasteiger partial charge in [0.25, 0.3) is 5.91 Å². The van der Waals surface area contributed by atoms with Gasteiger partial charge in [0.15, 0.2) is 11.5 Å². The molecule has 0 spiro atoms. The number of carbonyl (C=O) groups excluding carboxylic acids is 1. The third kappa shape index (κ3) is 4.82. The Kier molecular flexibility index (Phi) is 6.83. The summed E-state index contributed by atoms with van der Waals surface area (Å²) in [5, 5.41) is 0.276.